The van der Waals surface area contributed by atoms with E-state index in [1.165, 1.54) is 64.5 Å². The van der Waals surface area contributed by atoms with Gasteiger partial charge in [0.25, 0.3) is 0 Å². The zero-order valence-corrected chi connectivity index (χ0v) is 15.2. The standard InChI is InChI=1S/C19H35N3O/c1-16-8-4-7-13-22(16)19(23)17(2)20-14-9-18(10-15-20)21-11-5-3-6-12-21/h16-18H,3-15H2,1-2H3/t16-,17-/m1/s1. The van der Waals surface area contributed by atoms with E-state index < -0.39 is 0 Å². The topological polar surface area (TPSA) is 26.8 Å². The molecule has 4 nitrogen and oxygen atoms in total. The Kier molecular flexibility index (Phi) is 5.97. The molecule has 1 amide bonds. The Morgan fingerprint density at radius 1 is 0.870 bits per heavy atom. The van der Waals surface area contributed by atoms with Crippen LogP contribution < -0.4 is 0 Å². The quantitative estimate of drug-likeness (QED) is 0.800. The van der Waals surface area contributed by atoms with Gasteiger partial charge in [0, 0.05) is 31.7 Å². The molecule has 0 aliphatic carbocycles. The maximum atomic E-state index is 12.9. The van der Waals surface area contributed by atoms with Crippen molar-refractivity contribution in [1.82, 2.24) is 14.7 Å². The zero-order valence-electron chi connectivity index (χ0n) is 15.2. The number of amides is 1. The third kappa shape index (κ3) is 4.08. The Labute approximate surface area is 142 Å². The molecule has 0 radical (unpaired) electrons. The maximum Gasteiger partial charge on any atom is 0.239 e. The Bertz CT molecular complexity index is 386. The minimum Gasteiger partial charge on any atom is -0.339 e. The third-order valence-electron chi connectivity index (χ3n) is 6.40. The van der Waals surface area contributed by atoms with E-state index in [0.29, 0.717) is 11.9 Å². The predicted molar refractivity (Wildman–Crippen MR) is 94.5 cm³/mol. The van der Waals surface area contributed by atoms with Gasteiger partial charge in [-0.2, -0.15) is 0 Å². The summed E-state index contributed by atoms with van der Waals surface area (Å²) in [6.07, 6.45) is 10.3. The molecule has 3 aliphatic heterocycles. The molecular weight excluding hydrogens is 286 g/mol. The number of carbonyl (C=O) groups excluding carboxylic acids is 1. The van der Waals surface area contributed by atoms with Gasteiger partial charge in [-0.05, 0) is 71.9 Å². The van der Waals surface area contributed by atoms with Crippen molar-refractivity contribution in [2.24, 2.45) is 0 Å². The highest BCUT2D eigenvalue weighted by Crippen LogP contribution is 2.24. The minimum absolute atomic E-state index is 0.0675. The van der Waals surface area contributed by atoms with Gasteiger partial charge in [0.05, 0.1) is 6.04 Å². The Morgan fingerprint density at radius 2 is 1.52 bits per heavy atom. The Balaban J connectivity index is 1.49. The first kappa shape index (κ1) is 17.2. The van der Waals surface area contributed by atoms with Crippen molar-refractivity contribution in [2.75, 3.05) is 32.7 Å². The van der Waals surface area contributed by atoms with E-state index in [0.717, 1.165) is 25.7 Å². The van der Waals surface area contributed by atoms with Crippen LogP contribution in [0.5, 0.6) is 0 Å². The lowest BCUT2D eigenvalue weighted by Gasteiger charge is -2.43. The molecule has 4 heteroatoms. The molecule has 0 saturated carbocycles. The number of carbonyl (C=O) groups is 1. The van der Waals surface area contributed by atoms with E-state index in [9.17, 15) is 4.79 Å². The number of piperidine rings is 3. The zero-order chi connectivity index (χ0) is 16.2. The highest BCUT2D eigenvalue weighted by atomic mass is 16.2. The fourth-order valence-corrected chi connectivity index (χ4v) is 4.74. The Hall–Kier alpha value is -0.610. The van der Waals surface area contributed by atoms with Crippen molar-refractivity contribution in [2.45, 2.75) is 83.3 Å². The van der Waals surface area contributed by atoms with Crippen LogP contribution in [0.25, 0.3) is 0 Å². The molecule has 0 unspecified atom stereocenters. The van der Waals surface area contributed by atoms with Crippen molar-refractivity contribution in [1.29, 1.82) is 0 Å². The molecule has 3 heterocycles. The van der Waals surface area contributed by atoms with Gasteiger partial charge in [-0.15, -0.1) is 0 Å². The average Bonchev–Trinajstić information content (AvgIpc) is 2.62. The molecule has 3 aliphatic rings. The number of hydrogen-bond acceptors (Lipinski definition) is 3. The second kappa shape index (κ2) is 7.98. The maximum absolute atomic E-state index is 12.9. The first-order valence-corrected chi connectivity index (χ1v) is 9.95. The van der Waals surface area contributed by atoms with Crippen molar-refractivity contribution in [3.8, 4) is 0 Å². The van der Waals surface area contributed by atoms with Gasteiger partial charge < -0.3 is 9.80 Å². The summed E-state index contributed by atoms with van der Waals surface area (Å²) in [6.45, 7) is 10.1. The first-order valence-electron chi connectivity index (χ1n) is 9.95. The van der Waals surface area contributed by atoms with Crippen LogP contribution >= 0.6 is 0 Å². The molecule has 0 bridgehead atoms. The van der Waals surface area contributed by atoms with Gasteiger partial charge in [0.15, 0.2) is 0 Å². The van der Waals surface area contributed by atoms with Gasteiger partial charge in [-0.3, -0.25) is 9.69 Å². The summed E-state index contributed by atoms with van der Waals surface area (Å²) in [6, 6.07) is 1.27. The summed E-state index contributed by atoms with van der Waals surface area (Å²) in [5.41, 5.74) is 0. The minimum atomic E-state index is 0.0675. The molecule has 0 aromatic carbocycles. The largest absolute Gasteiger partial charge is 0.339 e. The van der Waals surface area contributed by atoms with Crippen LogP contribution in [-0.4, -0.2) is 71.5 Å². The van der Waals surface area contributed by atoms with Crippen molar-refractivity contribution < 1.29 is 4.79 Å². The predicted octanol–water partition coefficient (Wildman–Crippen LogP) is 2.73. The summed E-state index contributed by atoms with van der Waals surface area (Å²) in [4.78, 5) is 20.2. The summed E-state index contributed by atoms with van der Waals surface area (Å²) < 4.78 is 0. The van der Waals surface area contributed by atoms with E-state index in [4.69, 9.17) is 0 Å². The lowest BCUT2D eigenvalue weighted by atomic mass is 9.98. The van der Waals surface area contributed by atoms with Gasteiger partial charge in [-0.25, -0.2) is 0 Å². The molecule has 3 rings (SSSR count). The molecule has 2 atom stereocenters. The molecule has 0 N–H and O–H groups in total. The first-order chi connectivity index (χ1) is 11.2. The van der Waals surface area contributed by atoms with E-state index in [1.54, 1.807) is 0 Å². The Morgan fingerprint density at radius 3 is 2.17 bits per heavy atom. The highest BCUT2D eigenvalue weighted by molar-refractivity contribution is 5.81. The fourth-order valence-electron chi connectivity index (χ4n) is 4.74. The number of hydrogen-bond donors (Lipinski definition) is 0. The molecule has 0 spiro atoms. The smallest absolute Gasteiger partial charge is 0.239 e. The summed E-state index contributed by atoms with van der Waals surface area (Å²) in [7, 11) is 0. The SMILES string of the molecule is C[C@H](C(=O)N1CCCC[C@H]1C)N1CCC(N2CCCCC2)CC1. The van der Waals surface area contributed by atoms with Gasteiger partial charge in [0.2, 0.25) is 5.91 Å². The monoisotopic (exact) mass is 321 g/mol. The third-order valence-corrected chi connectivity index (χ3v) is 6.40. The lowest BCUT2D eigenvalue weighted by molar-refractivity contribution is -0.140. The number of rotatable bonds is 3. The molecule has 3 saturated heterocycles. The van der Waals surface area contributed by atoms with Crippen molar-refractivity contribution in [3.05, 3.63) is 0 Å². The van der Waals surface area contributed by atoms with Crippen LogP contribution in [0.4, 0.5) is 0 Å². The van der Waals surface area contributed by atoms with Crippen LogP contribution in [0, 0.1) is 0 Å². The van der Waals surface area contributed by atoms with Crippen LogP contribution in [0.15, 0.2) is 0 Å². The van der Waals surface area contributed by atoms with Gasteiger partial charge in [-0.1, -0.05) is 6.42 Å². The normalized spacial score (nSPS) is 30.3. The van der Waals surface area contributed by atoms with E-state index in [1.807, 2.05) is 0 Å². The van der Waals surface area contributed by atoms with Crippen LogP contribution in [0.1, 0.15) is 65.2 Å². The van der Waals surface area contributed by atoms with Gasteiger partial charge in [0.1, 0.15) is 0 Å². The number of nitrogens with zero attached hydrogens (tertiary/aromatic N) is 3. The van der Waals surface area contributed by atoms with E-state index >= 15 is 0 Å². The average molecular weight is 322 g/mol. The molecule has 0 aromatic heterocycles. The van der Waals surface area contributed by atoms with Crippen LogP contribution in [0.3, 0.4) is 0 Å². The highest BCUT2D eigenvalue weighted by Gasteiger charge is 2.33. The summed E-state index contributed by atoms with van der Waals surface area (Å²) in [5.74, 6) is 0.369. The van der Waals surface area contributed by atoms with Gasteiger partial charge >= 0.3 is 0 Å². The number of likely N-dealkylation sites (tertiary alicyclic amines) is 3. The molecule has 0 aromatic rings. The summed E-state index contributed by atoms with van der Waals surface area (Å²) >= 11 is 0. The van der Waals surface area contributed by atoms with E-state index in [2.05, 4.69) is 28.5 Å². The van der Waals surface area contributed by atoms with Crippen molar-refractivity contribution in [3.63, 3.8) is 0 Å². The second-order valence-electron chi connectivity index (χ2n) is 7.92. The lowest BCUT2D eigenvalue weighted by Crippen LogP contribution is -2.55. The van der Waals surface area contributed by atoms with Crippen LogP contribution in [0.2, 0.25) is 0 Å². The molecule has 132 valence electrons. The van der Waals surface area contributed by atoms with Crippen LogP contribution in [-0.2, 0) is 4.79 Å². The summed E-state index contributed by atoms with van der Waals surface area (Å²) in [5, 5.41) is 0. The fraction of sp³-hybridized carbons (Fsp3) is 0.947. The molecular formula is C19H35N3O. The van der Waals surface area contributed by atoms with E-state index in [-0.39, 0.29) is 6.04 Å². The second-order valence-corrected chi connectivity index (χ2v) is 7.92. The molecule has 23 heavy (non-hydrogen) atoms. The van der Waals surface area contributed by atoms with Crippen molar-refractivity contribution >= 4 is 5.91 Å². The molecule has 3 fully saturated rings.